The van der Waals surface area contributed by atoms with E-state index >= 15 is 0 Å². The summed E-state index contributed by atoms with van der Waals surface area (Å²) in [6.45, 7) is 4.43. The Morgan fingerprint density at radius 1 is 1.24 bits per heavy atom. The van der Waals surface area contributed by atoms with E-state index in [9.17, 15) is 0 Å². The number of ether oxygens (including phenoxy) is 1. The van der Waals surface area contributed by atoms with Gasteiger partial charge in [-0.15, -0.1) is 0 Å². The zero-order chi connectivity index (χ0) is 17.2. The Labute approximate surface area is 152 Å². The molecule has 2 aromatic heterocycles. The Bertz CT molecular complexity index is 885. The second kappa shape index (κ2) is 7.06. The molecule has 1 saturated heterocycles. The Kier molecular flexibility index (Phi) is 4.64. The van der Waals surface area contributed by atoms with Crippen molar-refractivity contribution < 1.29 is 9.15 Å². The maximum absolute atomic E-state index is 6.25. The smallest absolute Gasteiger partial charge is 0.213 e. The number of fused-ring (bicyclic) bond motifs is 1. The van der Waals surface area contributed by atoms with Crippen LogP contribution >= 0.6 is 11.6 Å². The first-order valence-electron chi connectivity index (χ1n) is 8.69. The summed E-state index contributed by atoms with van der Waals surface area (Å²) in [5, 5.41) is 5.01. The number of nitrogens with zero attached hydrogens (tertiary/aromatic N) is 1. The molecule has 5 heteroatoms. The average molecular weight is 357 g/mol. The van der Waals surface area contributed by atoms with Crippen LogP contribution in [0.2, 0.25) is 5.02 Å². The van der Waals surface area contributed by atoms with Crippen molar-refractivity contribution in [2.75, 3.05) is 13.1 Å². The lowest BCUT2D eigenvalue weighted by Gasteiger charge is -2.22. The minimum atomic E-state index is 0.406. The summed E-state index contributed by atoms with van der Waals surface area (Å²) >= 11 is 6.25. The fourth-order valence-corrected chi connectivity index (χ4v) is 3.59. The molecule has 3 heterocycles. The zero-order valence-corrected chi connectivity index (χ0v) is 15.0. The molecule has 0 aliphatic carbocycles. The number of nitrogens with one attached hydrogen (secondary N) is 1. The van der Waals surface area contributed by atoms with Crippen molar-refractivity contribution in [3.05, 3.63) is 58.4 Å². The van der Waals surface area contributed by atoms with Crippen LogP contribution in [0.5, 0.6) is 5.88 Å². The fraction of sp³-hybridized carbons (Fsp3) is 0.350. The van der Waals surface area contributed by atoms with Gasteiger partial charge in [-0.05, 0) is 51.1 Å². The second-order valence-corrected chi connectivity index (χ2v) is 6.93. The molecular formula is C20H21ClN2O2. The summed E-state index contributed by atoms with van der Waals surface area (Å²) in [7, 11) is 0. The van der Waals surface area contributed by atoms with Crippen LogP contribution in [0.1, 0.15) is 35.8 Å². The molecule has 0 saturated carbocycles. The van der Waals surface area contributed by atoms with Crippen molar-refractivity contribution in [2.45, 2.75) is 32.3 Å². The maximum Gasteiger partial charge on any atom is 0.213 e. The van der Waals surface area contributed by atoms with E-state index in [0.717, 1.165) is 53.9 Å². The molecule has 0 spiro atoms. The molecule has 0 bridgehead atoms. The minimum Gasteiger partial charge on any atom is -0.473 e. The van der Waals surface area contributed by atoms with Crippen LogP contribution in [0.3, 0.4) is 0 Å². The first-order chi connectivity index (χ1) is 12.2. The number of furan rings is 1. The number of hydrogen-bond acceptors (Lipinski definition) is 4. The van der Waals surface area contributed by atoms with Gasteiger partial charge < -0.3 is 14.5 Å². The van der Waals surface area contributed by atoms with E-state index in [1.54, 1.807) is 0 Å². The molecule has 25 heavy (non-hydrogen) atoms. The number of benzene rings is 1. The van der Waals surface area contributed by atoms with Gasteiger partial charge in [-0.25, -0.2) is 4.98 Å². The predicted octanol–water partition coefficient (Wildman–Crippen LogP) is 4.84. The summed E-state index contributed by atoms with van der Waals surface area (Å²) in [6, 6.07) is 11.8. The van der Waals surface area contributed by atoms with Crippen LogP contribution in [0.25, 0.3) is 11.0 Å². The lowest BCUT2D eigenvalue weighted by atomic mass is 9.94. The number of aryl methyl sites for hydroxylation is 1. The van der Waals surface area contributed by atoms with Crippen molar-refractivity contribution >= 4 is 22.6 Å². The van der Waals surface area contributed by atoms with Crippen molar-refractivity contribution in [1.29, 1.82) is 0 Å². The molecule has 0 atom stereocenters. The van der Waals surface area contributed by atoms with E-state index in [1.807, 2.05) is 37.3 Å². The molecule has 1 aliphatic rings. The van der Waals surface area contributed by atoms with Crippen LogP contribution in [0, 0.1) is 6.92 Å². The van der Waals surface area contributed by atoms with Crippen LogP contribution in [0.4, 0.5) is 0 Å². The van der Waals surface area contributed by atoms with Gasteiger partial charge in [0.2, 0.25) is 5.88 Å². The van der Waals surface area contributed by atoms with Gasteiger partial charge in [0.15, 0.2) is 0 Å². The van der Waals surface area contributed by atoms with E-state index in [4.69, 9.17) is 25.7 Å². The Morgan fingerprint density at radius 3 is 2.92 bits per heavy atom. The molecule has 1 fully saturated rings. The number of hydrogen-bond donors (Lipinski definition) is 1. The van der Waals surface area contributed by atoms with E-state index in [0.29, 0.717) is 23.4 Å². The standard InChI is InChI=1S/C20H21ClN2O2/c1-13-11-16-17(21)6-5-15(20(16)25-13)12-24-19-4-2-3-18(23-19)14-7-9-22-10-8-14/h2-6,11,14,22H,7-10,12H2,1H3. The highest BCUT2D eigenvalue weighted by Crippen LogP contribution is 2.30. The van der Waals surface area contributed by atoms with Gasteiger partial charge in [-0.2, -0.15) is 0 Å². The highest BCUT2D eigenvalue weighted by Gasteiger charge is 2.17. The van der Waals surface area contributed by atoms with E-state index in [1.165, 1.54) is 0 Å². The predicted molar refractivity (Wildman–Crippen MR) is 99.4 cm³/mol. The zero-order valence-electron chi connectivity index (χ0n) is 14.2. The molecule has 130 valence electrons. The number of halogens is 1. The molecule has 0 unspecified atom stereocenters. The highest BCUT2D eigenvalue weighted by molar-refractivity contribution is 6.35. The van der Waals surface area contributed by atoms with E-state index < -0.39 is 0 Å². The second-order valence-electron chi connectivity index (χ2n) is 6.52. The maximum atomic E-state index is 6.25. The van der Waals surface area contributed by atoms with Crippen LogP contribution in [-0.2, 0) is 6.61 Å². The summed E-state index contributed by atoms with van der Waals surface area (Å²) in [5.74, 6) is 2.01. The van der Waals surface area contributed by atoms with Crippen LogP contribution in [-0.4, -0.2) is 18.1 Å². The molecule has 1 aliphatic heterocycles. The first-order valence-corrected chi connectivity index (χ1v) is 9.06. The lowest BCUT2D eigenvalue weighted by molar-refractivity contribution is 0.291. The van der Waals surface area contributed by atoms with Gasteiger partial charge in [0.05, 0.1) is 5.02 Å². The van der Waals surface area contributed by atoms with Gasteiger partial charge in [0.25, 0.3) is 0 Å². The topological polar surface area (TPSA) is 47.3 Å². The van der Waals surface area contributed by atoms with Gasteiger partial charge in [0, 0.05) is 28.6 Å². The van der Waals surface area contributed by atoms with Gasteiger partial charge in [0.1, 0.15) is 18.0 Å². The number of piperidine rings is 1. The summed E-state index contributed by atoms with van der Waals surface area (Å²) < 4.78 is 11.7. The molecular weight excluding hydrogens is 336 g/mol. The van der Waals surface area contributed by atoms with Crippen molar-refractivity contribution in [2.24, 2.45) is 0 Å². The summed E-state index contributed by atoms with van der Waals surface area (Å²) in [5.41, 5.74) is 2.88. The summed E-state index contributed by atoms with van der Waals surface area (Å²) in [6.07, 6.45) is 2.25. The number of aromatic nitrogens is 1. The molecule has 4 rings (SSSR count). The quantitative estimate of drug-likeness (QED) is 0.727. The SMILES string of the molecule is Cc1cc2c(Cl)ccc(COc3cccc(C4CCNCC4)n3)c2o1. The third kappa shape index (κ3) is 3.51. The Hall–Kier alpha value is -2.04. The van der Waals surface area contributed by atoms with Crippen molar-refractivity contribution in [1.82, 2.24) is 10.3 Å². The monoisotopic (exact) mass is 356 g/mol. The lowest BCUT2D eigenvalue weighted by Crippen LogP contribution is -2.27. The highest BCUT2D eigenvalue weighted by atomic mass is 35.5. The minimum absolute atomic E-state index is 0.406. The van der Waals surface area contributed by atoms with Gasteiger partial charge >= 0.3 is 0 Å². The first kappa shape index (κ1) is 16.4. The van der Waals surface area contributed by atoms with Gasteiger partial charge in [-0.3, -0.25) is 0 Å². The van der Waals surface area contributed by atoms with Crippen molar-refractivity contribution in [3.8, 4) is 5.88 Å². The van der Waals surface area contributed by atoms with Gasteiger partial charge in [-0.1, -0.05) is 23.7 Å². The third-order valence-electron chi connectivity index (χ3n) is 4.71. The molecule has 1 aromatic carbocycles. The Balaban J connectivity index is 1.53. The molecule has 0 radical (unpaired) electrons. The van der Waals surface area contributed by atoms with E-state index in [-0.39, 0.29) is 0 Å². The van der Waals surface area contributed by atoms with Crippen LogP contribution < -0.4 is 10.1 Å². The normalized spacial score (nSPS) is 15.6. The molecule has 4 nitrogen and oxygen atoms in total. The van der Waals surface area contributed by atoms with Crippen molar-refractivity contribution in [3.63, 3.8) is 0 Å². The average Bonchev–Trinajstić information content (AvgIpc) is 3.05. The van der Waals surface area contributed by atoms with Crippen LogP contribution in [0.15, 0.2) is 40.8 Å². The molecule has 3 aromatic rings. The fourth-order valence-electron chi connectivity index (χ4n) is 3.39. The largest absolute Gasteiger partial charge is 0.473 e. The summed E-state index contributed by atoms with van der Waals surface area (Å²) in [4.78, 5) is 4.71. The molecule has 1 N–H and O–H groups in total. The number of rotatable bonds is 4. The number of pyridine rings is 1. The Morgan fingerprint density at radius 2 is 2.08 bits per heavy atom. The van der Waals surface area contributed by atoms with E-state index in [2.05, 4.69) is 11.4 Å². The molecule has 0 amide bonds. The third-order valence-corrected chi connectivity index (χ3v) is 5.04.